The summed E-state index contributed by atoms with van der Waals surface area (Å²) in [5, 5.41) is 0.593. The fraction of sp³-hybridized carbons (Fsp3) is 0.400. The number of nitrogens with two attached hydrogens (primary N) is 1. The lowest BCUT2D eigenvalue weighted by molar-refractivity contribution is -0.129. The summed E-state index contributed by atoms with van der Waals surface area (Å²) in [4.78, 5) is 8.97. The molecular weight excluding hydrogens is 366 g/mol. The number of nitrogens with zero attached hydrogens (tertiary/aromatic N) is 2. The molecule has 1 saturated heterocycles. The minimum atomic E-state index is -0.616. The average Bonchev–Trinajstić information content (AvgIpc) is 3.04. The molecule has 7 heteroatoms. The van der Waals surface area contributed by atoms with Crippen molar-refractivity contribution in [2.45, 2.75) is 24.5 Å². The number of pyridine rings is 1. The molecule has 0 amide bonds. The summed E-state index contributed by atoms with van der Waals surface area (Å²) in [5.41, 5.74) is 7.85. The molecule has 1 spiro atoms. The molecule has 27 heavy (non-hydrogen) atoms. The number of benzene rings is 1. The zero-order chi connectivity index (χ0) is 18.6. The minimum Gasteiger partial charge on any atom is -0.487 e. The number of hydrogen-bond acceptors (Lipinski definition) is 6. The Kier molecular flexibility index (Phi) is 3.64. The molecule has 2 aromatic rings. The highest BCUT2D eigenvalue weighted by Crippen LogP contribution is 2.54. The van der Waals surface area contributed by atoms with Crippen molar-refractivity contribution >= 4 is 17.6 Å². The standard InChI is InChI=1S/C20H20ClN3O3/c1-19-4-5-25-10-17(19)20(11-26-18(22)24-20)15-7-12(2-3-16(15)27-19)13-6-14(21)9-23-8-13/h2-3,6-9,17H,4-5,10-11H2,1H3,(H2,22,24)/t17-,19+,20?/m1/s1. The predicted molar refractivity (Wildman–Crippen MR) is 102 cm³/mol. The van der Waals surface area contributed by atoms with Crippen LogP contribution in [0.1, 0.15) is 18.9 Å². The van der Waals surface area contributed by atoms with E-state index >= 15 is 0 Å². The van der Waals surface area contributed by atoms with Crippen molar-refractivity contribution in [3.8, 4) is 16.9 Å². The number of aromatic nitrogens is 1. The van der Waals surface area contributed by atoms with Gasteiger partial charge in [0, 0.05) is 29.9 Å². The van der Waals surface area contributed by atoms with Crippen LogP contribution in [0, 0.1) is 5.92 Å². The quantitative estimate of drug-likeness (QED) is 0.815. The Labute approximate surface area is 162 Å². The van der Waals surface area contributed by atoms with Gasteiger partial charge in [-0.05, 0) is 30.7 Å². The van der Waals surface area contributed by atoms with Crippen LogP contribution in [0.15, 0.2) is 41.7 Å². The van der Waals surface area contributed by atoms with E-state index in [1.54, 1.807) is 12.4 Å². The maximum absolute atomic E-state index is 6.47. The summed E-state index contributed by atoms with van der Waals surface area (Å²) in [7, 11) is 0. The number of halogens is 1. The van der Waals surface area contributed by atoms with Gasteiger partial charge in [0.25, 0.3) is 6.02 Å². The maximum Gasteiger partial charge on any atom is 0.283 e. The summed E-state index contributed by atoms with van der Waals surface area (Å²) < 4.78 is 17.9. The van der Waals surface area contributed by atoms with E-state index in [-0.39, 0.29) is 17.5 Å². The molecule has 1 aromatic heterocycles. The normalized spacial score (nSPS) is 31.5. The molecule has 1 unspecified atom stereocenters. The molecule has 140 valence electrons. The molecule has 3 atom stereocenters. The van der Waals surface area contributed by atoms with E-state index in [9.17, 15) is 0 Å². The highest BCUT2D eigenvalue weighted by atomic mass is 35.5. The third-order valence-electron chi connectivity index (χ3n) is 5.92. The summed E-state index contributed by atoms with van der Waals surface area (Å²) in [6, 6.07) is 8.21. The van der Waals surface area contributed by atoms with Crippen LogP contribution in [-0.4, -0.2) is 36.4 Å². The van der Waals surface area contributed by atoms with E-state index in [0.717, 1.165) is 28.9 Å². The Morgan fingerprint density at radius 1 is 1.22 bits per heavy atom. The summed E-state index contributed by atoms with van der Waals surface area (Å²) >= 11 is 6.13. The van der Waals surface area contributed by atoms with Crippen LogP contribution in [-0.2, 0) is 15.0 Å². The van der Waals surface area contributed by atoms with E-state index in [2.05, 4.69) is 18.0 Å². The van der Waals surface area contributed by atoms with Gasteiger partial charge < -0.3 is 19.9 Å². The molecule has 0 radical (unpaired) electrons. The monoisotopic (exact) mass is 385 g/mol. The van der Waals surface area contributed by atoms with Gasteiger partial charge >= 0.3 is 0 Å². The molecule has 3 aliphatic rings. The Morgan fingerprint density at radius 3 is 2.89 bits per heavy atom. The molecule has 0 aliphatic carbocycles. The lowest BCUT2D eigenvalue weighted by Gasteiger charge is -2.52. The smallest absolute Gasteiger partial charge is 0.283 e. The van der Waals surface area contributed by atoms with Gasteiger partial charge in [0.1, 0.15) is 23.5 Å². The van der Waals surface area contributed by atoms with Crippen molar-refractivity contribution in [2.75, 3.05) is 19.8 Å². The van der Waals surface area contributed by atoms with Gasteiger partial charge in [-0.3, -0.25) is 4.98 Å². The Hall–Kier alpha value is -2.31. The Bertz CT molecular complexity index is 950. The molecule has 6 nitrogen and oxygen atoms in total. The number of fused-ring (bicyclic) bond motifs is 4. The first-order valence-electron chi connectivity index (χ1n) is 9.01. The predicted octanol–water partition coefficient (Wildman–Crippen LogP) is 3.13. The third kappa shape index (κ3) is 2.51. The number of aliphatic imine (C=N–C) groups is 1. The molecule has 0 bridgehead atoms. The fourth-order valence-electron chi connectivity index (χ4n) is 4.50. The average molecular weight is 386 g/mol. The number of amidine groups is 1. The number of hydrogen-bond donors (Lipinski definition) is 1. The van der Waals surface area contributed by atoms with Crippen LogP contribution in [0.25, 0.3) is 11.1 Å². The first-order valence-corrected chi connectivity index (χ1v) is 9.38. The van der Waals surface area contributed by atoms with Gasteiger partial charge in [-0.15, -0.1) is 0 Å². The van der Waals surface area contributed by atoms with Crippen LogP contribution in [0.3, 0.4) is 0 Å². The second-order valence-corrected chi connectivity index (χ2v) is 7.99. The first-order chi connectivity index (χ1) is 13.0. The van der Waals surface area contributed by atoms with E-state index in [0.29, 0.717) is 24.8 Å². The van der Waals surface area contributed by atoms with E-state index < -0.39 is 5.54 Å². The van der Waals surface area contributed by atoms with Gasteiger partial charge in [0.15, 0.2) is 0 Å². The molecule has 4 heterocycles. The molecule has 1 aromatic carbocycles. The molecule has 3 aliphatic heterocycles. The Balaban J connectivity index is 1.70. The van der Waals surface area contributed by atoms with Gasteiger partial charge in [0.05, 0.1) is 24.2 Å². The second-order valence-electron chi connectivity index (χ2n) is 7.56. The molecular formula is C20H20ClN3O3. The van der Waals surface area contributed by atoms with Crippen LogP contribution >= 0.6 is 11.6 Å². The minimum absolute atomic E-state index is 0.0139. The second kappa shape index (κ2) is 5.84. The van der Waals surface area contributed by atoms with Crippen molar-refractivity contribution in [1.82, 2.24) is 4.98 Å². The zero-order valence-electron chi connectivity index (χ0n) is 14.9. The highest BCUT2D eigenvalue weighted by Gasteiger charge is 2.59. The van der Waals surface area contributed by atoms with Crippen LogP contribution in [0.2, 0.25) is 5.02 Å². The maximum atomic E-state index is 6.47. The van der Waals surface area contributed by atoms with Crippen LogP contribution in [0.5, 0.6) is 5.75 Å². The first kappa shape index (κ1) is 16.8. The molecule has 5 rings (SSSR count). The van der Waals surface area contributed by atoms with E-state index in [4.69, 9.17) is 36.5 Å². The van der Waals surface area contributed by atoms with Crippen molar-refractivity contribution < 1.29 is 14.2 Å². The Morgan fingerprint density at radius 2 is 2.11 bits per heavy atom. The lowest BCUT2D eigenvalue weighted by atomic mass is 9.66. The summed E-state index contributed by atoms with van der Waals surface area (Å²) in [6.45, 7) is 3.74. The van der Waals surface area contributed by atoms with Crippen molar-refractivity contribution in [2.24, 2.45) is 16.6 Å². The van der Waals surface area contributed by atoms with Crippen molar-refractivity contribution in [1.29, 1.82) is 0 Å². The largest absolute Gasteiger partial charge is 0.487 e. The molecule has 0 saturated carbocycles. The lowest BCUT2D eigenvalue weighted by Crippen LogP contribution is -2.59. The zero-order valence-corrected chi connectivity index (χ0v) is 15.7. The summed E-state index contributed by atoms with van der Waals surface area (Å²) in [5.74, 6) is 0.830. The molecule has 1 fully saturated rings. The van der Waals surface area contributed by atoms with Gasteiger partial charge in [0.2, 0.25) is 0 Å². The van der Waals surface area contributed by atoms with Gasteiger partial charge in [-0.25, -0.2) is 4.99 Å². The molecule has 2 N–H and O–H groups in total. The van der Waals surface area contributed by atoms with Crippen molar-refractivity contribution in [3.63, 3.8) is 0 Å². The number of rotatable bonds is 1. The van der Waals surface area contributed by atoms with Crippen LogP contribution < -0.4 is 10.5 Å². The fourth-order valence-corrected chi connectivity index (χ4v) is 4.67. The summed E-state index contributed by atoms with van der Waals surface area (Å²) in [6.07, 6.45) is 4.21. The number of ether oxygens (including phenoxy) is 3. The topological polar surface area (TPSA) is 79.0 Å². The van der Waals surface area contributed by atoms with Crippen LogP contribution in [0.4, 0.5) is 0 Å². The van der Waals surface area contributed by atoms with Crippen molar-refractivity contribution in [3.05, 3.63) is 47.2 Å². The van der Waals surface area contributed by atoms with E-state index in [1.807, 2.05) is 18.2 Å². The van der Waals surface area contributed by atoms with Gasteiger partial charge in [-0.1, -0.05) is 17.7 Å². The SMILES string of the molecule is C[C@]12CCOC[C@H]1C1(COC(N)=N1)c1cc(-c3cncc(Cl)c3)ccc1O2. The van der Waals surface area contributed by atoms with Gasteiger partial charge in [-0.2, -0.15) is 0 Å². The highest BCUT2D eigenvalue weighted by molar-refractivity contribution is 6.30. The van der Waals surface area contributed by atoms with E-state index in [1.165, 1.54) is 0 Å². The third-order valence-corrected chi connectivity index (χ3v) is 6.12.